The Labute approximate surface area is 202 Å². The van der Waals surface area contributed by atoms with Gasteiger partial charge in [-0.1, -0.05) is 30.3 Å². The van der Waals surface area contributed by atoms with Crippen molar-refractivity contribution in [2.24, 2.45) is 5.92 Å². The summed E-state index contributed by atoms with van der Waals surface area (Å²) in [5.41, 5.74) is 2.26. The molecule has 1 aromatic heterocycles. The first-order valence-corrected chi connectivity index (χ1v) is 12.3. The number of hydrogen-bond donors (Lipinski definition) is 1. The Morgan fingerprint density at radius 3 is 2.35 bits per heavy atom. The Kier molecular flexibility index (Phi) is 7.96. The molecule has 3 heterocycles. The van der Waals surface area contributed by atoms with Gasteiger partial charge in [-0.05, 0) is 57.7 Å². The summed E-state index contributed by atoms with van der Waals surface area (Å²) >= 11 is 0. The van der Waals surface area contributed by atoms with Crippen molar-refractivity contribution >= 4 is 11.7 Å². The second-order valence-corrected chi connectivity index (χ2v) is 9.61. The van der Waals surface area contributed by atoms with Crippen molar-refractivity contribution in [3.63, 3.8) is 0 Å². The Bertz CT molecular complexity index is 955. The molecule has 180 valence electrons. The number of carbonyl (C=O) groups excluding carboxylic acids is 1. The van der Waals surface area contributed by atoms with Gasteiger partial charge in [-0.2, -0.15) is 5.26 Å². The maximum Gasteiger partial charge on any atom is 0.318 e. The summed E-state index contributed by atoms with van der Waals surface area (Å²) in [5.74, 6) is 0.847. The van der Waals surface area contributed by atoms with E-state index in [1.54, 1.807) is 12.4 Å². The minimum atomic E-state index is 0.0252. The normalized spacial score (nSPS) is 21.8. The molecule has 2 aliphatic rings. The average Bonchev–Trinajstić information content (AvgIpc) is 2.85. The van der Waals surface area contributed by atoms with Gasteiger partial charge in [-0.15, -0.1) is 0 Å². The number of benzene rings is 1. The van der Waals surface area contributed by atoms with Crippen LogP contribution in [-0.2, 0) is 6.54 Å². The molecular weight excluding hydrogens is 426 g/mol. The van der Waals surface area contributed by atoms with Crippen molar-refractivity contribution in [2.45, 2.75) is 51.7 Å². The summed E-state index contributed by atoms with van der Waals surface area (Å²) in [6, 6.07) is 12.8. The number of piperazine rings is 1. The van der Waals surface area contributed by atoms with Gasteiger partial charge in [0.05, 0.1) is 18.1 Å². The van der Waals surface area contributed by atoms with Crippen LogP contribution in [0.5, 0.6) is 0 Å². The minimum Gasteiger partial charge on any atom is -0.365 e. The Morgan fingerprint density at radius 2 is 1.74 bits per heavy atom. The molecule has 2 aliphatic heterocycles. The van der Waals surface area contributed by atoms with Crippen molar-refractivity contribution in [1.29, 1.82) is 5.26 Å². The van der Waals surface area contributed by atoms with E-state index >= 15 is 0 Å². The molecule has 34 heavy (non-hydrogen) atoms. The van der Waals surface area contributed by atoms with E-state index in [9.17, 15) is 4.79 Å². The lowest BCUT2D eigenvalue weighted by Gasteiger charge is -2.45. The van der Waals surface area contributed by atoms with Gasteiger partial charge in [0.2, 0.25) is 5.82 Å². The molecule has 2 fully saturated rings. The molecule has 0 spiro atoms. The van der Waals surface area contributed by atoms with Crippen LogP contribution in [0.15, 0.2) is 42.7 Å². The monoisotopic (exact) mass is 461 g/mol. The molecule has 0 radical (unpaired) electrons. The highest BCUT2D eigenvalue weighted by atomic mass is 16.2. The maximum absolute atomic E-state index is 13.0. The second kappa shape index (κ2) is 11.3. The Balaban J connectivity index is 1.19. The SMILES string of the molecule is C[C@@H]1CN(c2cnc(C#N)nc2)C[C@@H](C)N1C(=O)NCCC1CCN(Cc2ccccc2)CC1. The van der Waals surface area contributed by atoms with Crippen LogP contribution in [-0.4, -0.2) is 70.6 Å². The fourth-order valence-electron chi connectivity index (χ4n) is 5.23. The number of amides is 2. The van der Waals surface area contributed by atoms with Gasteiger partial charge in [0.1, 0.15) is 6.07 Å². The van der Waals surface area contributed by atoms with Crippen LogP contribution >= 0.6 is 0 Å². The van der Waals surface area contributed by atoms with Gasteiger partial charge in [-0.25, -0.2) is 14.8 Å². The Morgan fingerprint density at radius 1 is 1.09 bits per heavy atom. The summed E-state index contributed by atoms with van der Waals surface area (Å²) in [5, 5.41) is 12.1. The number of rotatable bonds is 6. The lowest BCUT2D eigenvalue weighted by Crippen LogP contribution is -2.61. The van der Waals surface area contributed by atoms with Crippen molar-refractivity contribution in [3.05, 3.63) is 54.1 Å². The molecular formula is C26H35N7O. The number of anilines is 1. The predicted molar refractivity (Wildman–Crippen MR) is 132 cm³/mol. The fourth-order valence-corrected chi connectivity index (χ4v) is 5.23. The molecule has 1 N–H and O–H groups in total. The van der Waals surface area contributed by atoms with Crippen molar-refractivity contribution in [2.75, 3.05) is 37.6 Å². The topological polar surface area (TPSA) is 88.4 Å². The second-order valence-electron chi connectivity index (χ2n) is 9.61. The van der Waals surface area contributed by atoms with Crippen molar-refractivity contribution in [1.82, 2.24) is 25.1 Å². The maximum atomic E-state index is 13.0. The number of nitriles is 1. The molecule has 2 aromatic rings. The number of likely N-dealkylation sites (tertiary alicyclic amines) is 1. The fraction of sp³-hybridized carbons (Fsp3) is 0.538. The van der Waals surface area contributed by atoms with E-state index in [1.165, 1.54) is 18.4 Å². The number of nitrogens with zero attached hydrogens (tertiary/aromatic N) is 6. The standard InChI is InChI=1S/C26H35N7O/c1-20-17-32(24-15-29-25(14-27)30-16-24)18-21(2)33(20)26(34)28-11-8-22-9-12-31(13-10-22)19-23-6-4-3-5-7-23/h3-7,15-16,20-22H,8-13,17-19H2,1-2H3,(H,28,34)/t20-,21-/m1/s1. The van der Waals surface area contributed by atoms with Gasteiger partial charge in [0.15, 0.2) is 0 Å². The molecule has 0 unspecified atom stereocenters. The van der Waals surface area contributed by atoms with Crippen LogP contribution in [0.1, 0.15) is 44.5 Å². The summed E-state index contributed by atoms with van der Waals surface area (Å²) < 4.78 is 0. The quantitative estimate of drug-likeness (QED) is 0.710. The Hall–Kier alpha value is -3.18. The number of piperidine rings is 1. The van der Waals surface area contributed by atoms with Crippen LogP contribution in [0, 0.1) is 17.2 Å². The predicted octanol–water partition coefficient (Wildman–Crippen LogP) is 3.26. The minimum absolute atomic E-state index is 0.0252. The van der Waals surface area contributed by atoms with E-state index in [0.29, 0.717) is 19.0 Å². The van der Waals surface area contributed by atoms with Crippen LogP contribution in [0.25, 0.3) is 0 Å². The highest BCUT2D eigenvalue weighted by Gasteiger charge is 2.33. The molecule has 2 saturated heterocycles. The largest absolute Gasteiger partial charge is 0.365 e. The van der Waals surface area contributed by atoms with Crippen molar-refractivity contribution < 1.29 is 4.79 Å². The van der Waals surface area contributed by atoms with Gasteiger partial charge < -0.3 is 15.1 Å². The third kappa shape index (κ3) is 6.03. The molecule has 4 rings (SSSR count). The summed E-state index contributed by atoms with van der Waals surface area (Å²) in [4.78, 5) is 27.8. The smallest absolute Gasteiger partial charge is 0.318 e. The van der Waals surface area contributed by atoms with Gasteiger partial charge in [-0.3, -0.25) is 4.90 Å². The van der Waals surface area contributed by atoms with E-state index in [4.69, 9.17) is 5.26 Å². The first-order chi connectivity index (χ1) is 16.5. The zero-order valence-electron chi connectivity index (χ0n) is 20.2. The lowest BCUT2D eigenvalue weighted by atomic mass is 9.93. The zero-order valence-corrected chi connectivity index (χ0v) is 20.2. The van der Waals surface area contributed by atoms with E-state index in [-0.39, 0.29) is 23.9 Å². The molecule has 1 aromatic carbocycles. The van der Waals surface area contributed by atoms with E-state index in [1.807, 2.05) is 11.0 Å². The number of aromatic nitrogens is 2. The number of nitrogens with one attached hydrogen (secondary N) is 1. The van der Waals surface area contributed by atoms with Crippen LogP contribution in [0.2, 0.25) is 0 Å². The average molecular weight is 462 g/mol. The summed E-state index contributed by atoms with van der Waals surface area (Å²) in [6.45, 7) is 9.60. The van der Waals surface area contributed by atoms with Crippen molar-refractivity contribution in [3.8, 4) is 6.07 Å². The van der Waals surface area contributed by atoms with Crippen LogP contribution in [0.4, 0.5) is 10.5 Å². The first kappa shape index (κ1) is 24.0. The highest BCUT2D eigenvalue weighted by Crippen LogP contribution is 2.23. The molecule has 8 nitrogen and oxygen atoms in total. The first-order valence-electron chi connectivity index (χ1n) is 12.3. The molecule has 2 atom stereocenters. The summed E-state index contributed by atoms with van der Waals surface area (Å²) in [6.07, 6.45) is 6.80. The zero-order chi connectivity index (χ0) is 23.9. The van der Waals surface area contributed by atoms with Gasteiger partial charge in [0, 0.05) is 38.3 Å². The van der Waals surface area contributed by atoms with E-state index in [2.05, 4.69) is 69.3 Å². The van der Waals surface area contributed by atoms with E-state index < -0.39 is 0 Å². The third-order valence-corrected chi connectivity index (χ3v) is 7.04. The molecule has 0 saturated carbocycles. The molecule has 2 amide bonds. The molecule has 0 aliphatic carbocycles. The third-order valence-electron chi connectivity index (χ3n) is 7.04. The highest BCUT2D eigenvalue weighted by molar-refractivity contribution is 5.75. The lowest BCUT2D eigenvalue weighted by molar-refractivity contribution is 0.139. The van der Waals surface area contributed by atoms with E-state index in [0.717, 1.165) is 38.3 Å². The van der Waals surface area contributed by atoms with Gasteiger partial charge in [0.25, 0.3) is 0 Å². The summed E-state index contributed by atoms with van der Waals surface area (Å²) in [7, 11) is 0. The van der Waals surface area contributed by atoms with Gasteiger partial charge >= 0.3 is 6.03 Å². The number of hydrogen-bond acceptors (Lipinski definition) is 6. The molecule has 8 heteroatoms. The molecule has 0 bridgehead atoms. The van der Waals surface area contributed by atoms with Crippen LogP contribution < -0.4 is 10.2 Å². The number of urea groups is 1. The number of carbonyl (C=O) groups is 1. The van der Waals surface area contributed by atoms with Crippen LogP contribution in [0.3, 0.4) is 0 Å².